The number of hydrogen-bond acceptors (Lipinski definition) is 8. The van der Waals surface area contributed by atoms with E-state index >= 15 is 0 Å². The van der Waals surface area contributed by atoms with Crippen LogP contribution in [0.1, 0.15) is 41.8 Å². The van der Waals surface area contributed by atoms with Gasteiger partial charge in [-0.05, 0) is 35.0 Å². The lowest BCUT2D eigenvalue weighted by atomic mass is 10.1. The van der Waals surface area contributed by atoms with Crippen molar-refractivity contribution in [3.05, 3.63) is 69.7 Å². The molecule has 2 aromatic carbocycles. The maximum atomic E-state index is 15.0. The van der Waals surface area contributed by atoms with E-state index in [9.17, 15) is 23.2 Å². The molecule has 2 N–H and O–H groups in total. The van der Waals surface area contributed by atoms with Gasteiger partial charge in [0.1, 0.15) is 23.7 Å². The van der Waals surface area contributed by atoms with Gasteiger partial charge in [-0.25, -0.2) is 13.8 Å². The summed E-state index contributed by atoms with van der Waals surface area (Å²) in [7, 11) is 0. The van der Waals surface area contributed by atoms with Gasteiger partial charge < -0.3 is 24.4 Å². The molecule has 0 saturated heterocycles. The molecule has 2 atom stereocenters. The van der Waals surface area contributed by atoms with Crippen molar-refractivity contribution in [3.8, 4) is 17.0 Å². The van der Waals surface area contributed by atoms with Crippen LogP contribution in [0.2, 0.25) is 0 Å². The number of hydrogen-bond donors (Lipinski definition) is 1. The molecule has 0 aliphatic rings. The normalized spacial score (nSPS) is 12.5. The van der Waals surface area contributed by atoms with E-state index in [1.165, 1.54) is 0 Å². The first-order valence-corrected chi connectivity index (χ1v) is 11.3. The number of nitrogens with zero attached hydrogens (tertiary/aromatic N) is 1. The third-order valence-electron chi connectivity index (χ3n) is 4.83. The molecule has 12 heteroatoms. The minimum Gasteiger partial charge on any atom is -0.473 e. The number of primary amides is 1. The highest BCUT2D eigenvalue weighted by molar-refractivity contribution is 9.10. The maximum Gasteiger partial charge on any atom is 0.303 e. The van der Waals surface area contributed by atoms with E-state index in [1.54, 1.807) is 12.1 Å². The molecule has 9 nitrogen and oxygen atoms in total. The highest BCUT2D eigenvalue weighted by atomic mass is 79.9. The summed E-state index contributed by atoms with van der Waals surface area (Å²) in [5, 5.41) is 0. The molecule has 2 unspecified atom stereocenters. The van der Waals surface area contributed by atoms with Crippen molar-refractivity contribution < 1.29 is 41.8 Å². The summed E-state index contributed by atoms with van der Waals surface area (Å²) in [5.41, 5.74) is 6.09. The molecule has 0 bridgehead atoms. The fourth-order valence-corrected chi connectivity index (χ4v) is 3.68. The maximum absolute atomic E-state index is 15.0. The molecule has 0 aliphatic heterocycles. The number of halogens is 3. The summed E-state index contributed by atoms with van der Waals surface area (Å²) in [4.78, 5) is 39.2. The molecule has 0 fully saturated rings. The van der Waals surface area contributed by atoms with Gasteiger partial charge in [0.05, 0.1) is 0 Å². The van der Waals surface area contributed by atoms with E-state index in [1.807, 2.05) is 19.1 Å². The van der Waals surface area contributed by atoms with Crippen LogP contribution in [0.15, 0.2) is 45.5 Å². The number of ether oxygens (including phenoxy) is 3. The third kappa shape index (κ3) is 6.25. The molecule has 3 aromatic rings. The quantitative estimate of drug-likeness (QED) is 0.377. The zero-order valence-electron chi connectivity index (χ0n) is 19.3. The number of amides is 1. The summed E-state index contributed by atoms with van der Waals surface area (Å²) >= 11 is 3.28. The highest BCUT2D eigenvalue weighted by Crippen LogP contribution is 2.36. The van der Waals surface area contributed by atoms with E-state index in [0.29, 0.717) is 11.3 Å². The number of esters is 2. The van der Waals surface area contributed by atoms with Crippen molar-refractivity contribution in [1.29, 1.82) is 0 Å². The lowest BCUT2D eigenvalue weighted by Crippen LogP contribution is -2.34. The molecule has 0 aliphatic carbocycles. The first kappa shape index (κ1) is 26.8. The second kappa shape index (κ2) is 11.3. The van der Waals surface area contributed by atoms with Crippen LogP contribution < -0.4 is 10.5 Å². The predicted molar refractivity (Wildman–Crippen MR) is 125 cm³/mol. The zero-order valence-corrected chi connectivity index (χ0v) is 20.9. The van der Waals surface area contributed by atoms with Crippen molar-refractivity contribution in [2.75, 3.05) is 6.61 Å². The Bertz CT molecular complexity index is 1290. The molecular formula is C24H21BrF2N2O7. The summed E-state index contributed by atoms with van der Waals surface area (Å²) in [5.74, 6) is -6.20. The summed E-state index contributed by atoms with van der Waals surface area (Å²) in [6.07, 6.45) is -2.87. The van der Waals surface area contributed by atoms with E-state index in [4.69, 9.17) is 24.4 Å². The fraction of sp³-hybridized carbons (Fsp3) is 0.250. The minimum absolute atomic E-state index is 0.182. The van der Waals surface area contributed by atoms with E-state index < -0.39 is 59.6 Å². The average molecular weight is 567 g/mol. The Morgan fingerprint density at radius 3 is 2.33 bits per heavy atom. The van der Waals surface area contributed by atoms with Crippen LogP contribution in [0.25, 0.3) is 11.3 Å². The Kier molecular flexibility index (Phi) is 8.41. The molecule has 1 heterocycles. The van der Waals surface area contributed by atoms with E-state index in [-0.39, 0.29) is 10.6 Å². The lowest BCUT2D eigenvalue weighted by molar-refractivity contribution is -0.163. The highest BCUT2D eigenvalue weighted by Gasteiger charge is 2.36. The number of aromatic nitrogens is 1. The van der Waals surface area contributed by atoms with Gasteiger partial charge >= 0.3 is 11.9 Å². The number of oxazole rings is 1. The van der Waals surface area contributed by atoms with Gasteiger partial charge in [-0.2, -0.15) is 0 Å². The van der Waals surface area contributed by atoms with Gasteiger partial charge in [-0.3, -0.25) is 14.4 Å². The standard InChI is InChI=1S/C24H21BrF2N2O7/c1-11-4-6-14(7-5-11)20-22(25)36-24(29-20)21(17(34-13(3)31)10-33-12(2)30)35-16-9-8-15(26)18(19(16)27)23(28)32/h4-9,17,21H,10H2,1-3H3,(H2,28,32). The summed E-state index contributed by atoms with van der Waals surface area (Å²) < 4.78 is 50.8. The smallest absolute Gasteiger partial charge is 0.303 e. The van der Waals surface area contributed by atoms with Crippen LogP contribution >= 0.6 is 15.9 Å². The molecule has 1 aromatic heterocycles. The molecule has 36 heavy (non-hydrogen) atoms. The third-order valence-corrected chi connectivity index (χ3v) is 5.37. The number of nitrogens with two attached hydrogens (primary N) is 1. The molecule has 0 spiro atoms. The molecular weight excluding hydrogens is 546 g/mol. The second-order valence-corrected chi connectivity index (χ2v) is 8.35. The Morgan fingerprint density at radius 2 is 1.75 bits per heavy atom. The number of carbonyl (C=O) groups is 3. The predicted octanol–water partition coefficient (Wildman–Crippen LogP) is 4.40. The van der Waals surface area contributed by atoms with Gasteiger partial charge in [0.25, 0.3) is 5.91 Å². The van der Waals surface area contributed by atoms with Crippen molar-refractivity contribution in [2.24, 2.45) is 5.73 Å². The van der Waals surface area contributed by atoms with Crippen molar-refractivity contribution in [1.82, 2.24) is 4.98 Å². The molecule has 1 amide bonds. The van der Waals surface area contributed by atoms with Crippen LogP contribution in [-0.2, 0) is 19.1 Å². The van der Waals surface area contributed by atoms with E-state index in [0.717, 1.165) is 31.5 Å². The van der Waals surface area contributed by atoms with E-state index in [2.05, 4.69) is 20.9 Å². The van der Waals surface area contributed by atoms with Crippen LogP contribution in [0.4, 0.5) is 8.78 Å². The van der Waals surface area contributed by atoms with Crippen LogP contribution in [-0.4, -0.2) is 35.5 Å². The van der Waals surface area contributed by atoms with Gasteiger partial charge in [0.2, 0.25) is 12.0 Å². The first-order valence-electron chi connectivity index (χ1n) is 10.5. The Morgan fingerprint density at radius 1 is 1.08 bits per heavy atom. The number of rotatable bonds is 9. The SMILES string of the molecule is CC(=O)OCC(OC(C)=O)C(Oc1ccc(F)c(C(N)=O)c1F)c1nc(-c2ccc(C)cc2)c(Br)o1. The van der Waals surface area contributed by atoms with Crippen LogP contribution in [0.3, 0.4) is 0 Å². The van der Waals surface area contributed by atoms with Gasteiger partial charge in [-0.1, -0.05) is 29.8 Å². The Balaban J connectivity index is 2.11. The van der Waals surface area contributed by atoms with Crippen LogP contribution in [0, 0.1) is 18.6 Å². The van der Waals surface area contributed by atoms with Crippen molar-refractivity contribution in [3.63, 3.8) is 0 Å². The van der Waals surface area contributed by atoms with Crippen molar-refractivity contribution >= 4 is 33.8 Å². The number of aryl methyl sites for hydroxylation is 1. The molecule has 190 valence electrons. The fourth-order valence-electron chi connectivity index (χ4n) is 3.20. The second-order valence-electron chi connectivity index (χ2n) is 7.63. The van der Waals surface area contributed by atoms with Gasteiger partial charge in [-0.15, -0.1) is 0 Å². The molecule has 3 rings (SSSR count). The monoisotopic (exact) mass is 566 g/mol. The Labute approximate surface area is 212 Å². The average Bonchev–Trinajstić information content (AvgIpc) is 3.17. The minimum atomic E-state index is -1.50. The largest absolute Gasteiger partial charge is 0.473 e. The summed E-state index contributed by atoms with van der Waals surface area (Å²) in [6, 6.07) is 8.99. The Hall–Kier alpha value is -3.80. The molecule has 0 saturated carbocycles. The number of benzene rings is 2. The lowest BCUT2D eigenvalue weighted by Gasteiger charge is -2.25. The van der Waals surface area contributed by atoms with Crippen LogP contribution in [0.5, 0.6) is 5.75 Å². The topological polar surface area (TPSA) is 131 Å². The van der Waals surface area contributed by atoms with Gasteiger partial charge in [0, 0.05) is 19.4 Å². The van der Waals surface area contributed by atoms with Crippen molar-refractivity contribution in [2.45, 2.75) is 33.0 Å². The summed E-state index contributed by atoms with van der Waals surface area (Å²) in [6.45, 7) is 3.64. The van der Waals surface area contributed by atoms with Gasteiger partial charge in [0.15, 0.2) is 22.3 Å². The number of carbonyl (C=O) groups excluding carboxylic acids is 3. The molecule has 0 radical (unpaired) electrons. The zero-order chi connectivity index (χ0) is 26.6. The first-order chi connectivity index (χ1) is 17.0.